The molecular weight excluding hydrogens is 646 g/mol. The van der Waals surface area contributed by atoms with Crippen LogP contribution >= 0.6 is 11.8 Å². The van der Waals surface area contributed by atoms with Gasteiger partial charge in [-0.15, -0.1) is 11.8 Å². The second kappa shape index (κ2) is 20.3. The molecule has 1 unspecified atom stereocenters. The largest absolute Gasteiger partial charge is 0.381 e. The third-order valence-corrected chi connectivity index (χ3v) is 11.2. The van der Waals surface area contributed by atoms with E-state index in [-0.39, 0.29) is 17.7 Å². The number of thioether (sulfide) groups is 1. The van der Waals surface area contributed by atoms with Crippen molar-refractivity contribution in [1.29, 1.82) is 0 Å². The van der Waals surface area contributed by atoms with E-state index >= 15 is 8.78 Å². The quantitative estimate of drug-likeness (QED) is 0.121. The topological polar surface area (TPSA) is 36.9 Å². The highest BCUT2D eigenvalue weighted by molar-refractivity contribution is 8.09. The van der Waals surface area contributed by atoms with Crippen molar-refractivity contribution in [2.75, 3.05) is 33.0 Å². The summed E-state index contributed by atoms with van der Waals surface area (Å²) < 4.78 is 73.7. The molecule has 0 spiro atoms. The molecule has 8 heteroatoms. The molecule has 1 aliphatic carbocycles. The van der Waals surface area contributed by atoms with E-state index in [1.54, 1.807) is 11.8 Å². The molecule has 0 N–H and O–H groups in total. The zero-order valence-electron chi connectivity index (χ0n) is 30.4. The van der Waals surface area contributed by atoms with E-state index in [0.29, 0.717) is 32.0 Å². The van der Waals surface area contributed by atoms with Crippen LogP contribution in [0.4, 0.5) is 13.2 Å². The Morgan fingerprint density at radius 3 is 1.98 bits per heavy atom. The normalized spacial score (nSPS) is 25.1. The summed E-state index contributed by atoms with van der Waals surface area (Å²) in [6.45, 7) is 12.0. The van der Waals surface area contributed by atoms with Crippen molar-refractivity contribution in [3.05, 3.63) is 76.6 Å². The number of unbranched alkanes of at least 4 members (excludes halogenated alkanes) is 4. The molecule has 1 aliphatic heterocycles. The smallest absolute Gasteiger partial charge is 0.265 e. The van der Waals surface area contributed by atoms with E-state index in [2.05, 4.69) is 40.7 Å². The molecule has 0 aromatic heterocycles. The van der Waals surface area contributed by atoms with Crippen molar-refractivity contribution >= 4 is 16.7 Å². The molecule has 2 aromatic carbocycles. The second-order valence-electron chi connectivity index (χ2n) is 13.7. The van der Waals surface area contributed by atoms with Crippen LogP contribution in [0.5, 0.6) is 0 Å². The molecule has 0 saturated heterocycles. The zero-order valence-corrected chi connectivity index (χ0v) is 31.2. The van der Waals surface area contributed by atoms with Crippen LogP contribution in [-0.4, -0.2) is 62.5 Å². The summed E-state index contributed by atoms with van der Waals surface area (Å²) in [4.78, 5) is 1.13. The van der Waals surface area contributed by atoms with Gasteiger partial charge < -0.3 is 18.9 Å². The number of hydrogen-bond donors (Lipinski definition) is 0. The van der Waals surface area contributed by atoms with E-state index in [9.17, 15) is 4.39 Å². The lowest BCUT2D eigenvalue weighted by molar-refractivity contribution is -0.265. The molecule has 49 heavy (non-hydrogen) atoms. The van der Waals surface area contributed by atoms with E-state index in [4.69, 9.17) is 18.9 Å². The molecular formula is C41H59F3O4S. The van der Waals surface area contributed by atoms with Crippen LogP contribution in [0.1, 0.15) is 114 Å². The molecule has 4 nitrogen and oxygen atoms in total. The van der Waals surface area contributed by atoms with Crippen LogP contribution < -0.4 is 0 Å². The first kappa shape index (κ1) is 39.9. The Morgan fingerprint density at radius 2 is 1.35 bits per heavy atom. The molecule has 6 atom stereocenters. The minimum absolute atomic E-state index is 0.0924. The standard InChI is InChI=1S/C41H59F3O4S/c1-6-10-22-45-28-35-38(46-23-11-7-2)40(48-25-13-9-4)39(47-24-12-8-3)37(41(35,43)44)31-15-14-29(5)32(26-31)27-34-20-21-36(49-34)30-16-18-33(42)19-17-30/h14-19,21,26,34-35,37-40H,6-13,20,22-25,27-28H2,1-5H3/t34?,35-,37+,38-,39+,40+/m1/s1. The summed E-state index contributed by atoms with van der Waals surface area (Å²) in [5.41, 5.74) is 3.73. The fourth-order valence-electron chi connectivity index (χ4n) is 6.82. The molecule has 0 radical (unpaired) electrons. The highest BCUT2D eigenvalue weighted by Crippen LogP contribution is 2.52. The van der Waals surface area contributed by atoms with Gasteiger partial charge in [0.05, 0.1) is 30.7 Å². The van der Waals surface area contributed by atoms with Crippen LogP contribution in [0, 0.1) is 18.7 Å². The van der Waals surface area contributed by atoms with Crippen molar-refractivity contribution in [3.8, 4) is 0 Å². The maximum absolute atomic E-state index is 17.4. The fourth-order valence-corrected chi connectivity index (χ4v) is 8.10. The van der Waals surface area contributed by atoms with Gasteiger partial charge >= 0.3 is 0 Å². The van der Waals surface area contributed by atoms with Gasteiger partial charge in [0.15, 0.2) is 0 Å². The second-order valence-corrected chi connectivity index (χ2v) is 15.0. The first-order valence-corrected chi connectivity index (χ1v) is 19.6. The Bertz CT molecular complexity index is 1290. The van der Waals surface area contributed by atoms with Crippen LogP contribution in [0.15, 0.2) is 48.5 Å². The van der Waals surface area contributed by atoms with E-state index in [1.165, 1.54) is 12.1 Å². The first-order valence-electron chi connectivity index (χ1n) is 18.8. The molecule has 274 valence electrons. The van der Waals surface area contributed by atoms with Crippen molar-refractivity contribution in [2.45, 2.75) is 134 Å². The minimum Gasteiger partial charge on any atom is -0.381 e. The molecule has 0 bridgehead atoms. The predicted molar refractivity (Wildman–Crippen MR) is 196 cm³/mol. The number of alkyl halides is 2. The number of rotatable bonds is 21. The lowest BCUT2D eigenvalue weighted by Gasteiger charge is -2.51. The Kier molecular flexibility index (Phi) is 16.5. The Hall–Kier alpha value is -1.84. The molecule has 2 aliphatic rings. The Labute approximate surface area is 297 Å². The molecule has 0 amide bonds. The minimum atomic E-state index is -3.17. The number of aryl methyl sites for hydroxylation is 1. The van der Waals surface area contributed by atoms with E-state index < -0.39 is 36.1 Å². The highest BCUT2D eigenvalue weighted by Gasteiger charge is 2.63. The van der Waals surface area contributed by atoms with Crippen molar-refractivity contribution in [2.24, 2.45) is 5.92 Å². The van der Waals surface area contributed by atoms with Gasteiger partial charge in [-0.25, -0.2) is 13.2 Å². The van der Waals surface area contributed by atoms with Gasteiger partial charge in [-0.1, -0.05) is 89.8 Å². The highest BCUT2D eigenvalue weighted by atomic mass is 32.2. The van der Waals surface area contributed by atoms with Crippen LogP contribution in [0.3, 0.4) is 0 Å². The molecule has 1 fully saturated rings. The Morgan fingerprint density at radius 1 is 0.755 bits per heavy atom. The van der Waals surface area contributed by atoms with Gasteiger partial charge in [0.1, 0.15) is 11.9 Å². The predicted octanol–water partition coefficient (Wildman–Crippen LogP) is 10.9. The van der Waals surface area contributed by atoms with Crippen molar-refractivity contribution < 1.29 is 32.1 Å². The third kappa shape index (κ3) is 10.8. The van der Waals surface area contributed by atoms with Crippen LogP contribution in [-0.2, 0) is 25.4 Å². The van der Waals surface area contributed by atoms with Crippen LogP contribution in [0.25, 0.3) is 4.91 Å². The summed E-state index contributed by atoms with van der Waals surface area (Å²) in [7, 11) is 0. The summed E-state index contributed by atoms with van der Waals surface area (Å²) in [5.74, 6) is -5.82. The maximum atomic E-state index is 17.4. The van der Waals surface area contributed by atoms with Crippen molar-refractivity contribution in [1.82, 2.24) is 0 Å². The summed E-state index contributed by atoms with van der Waals surface area (Å²) >= 11 is 1.78. The summed E-state index contributed by atoms with van der Waals surface area (Å²) in [6, 6.07) is 12.5. The number of allylic oxidation sites excluding steroid dienone is 1. The van der Waals surface area contributed by atoms with Gasteiger partial charge in [-0.05, 0) is 79.8 Å². The lowest BCUT2D eigenvalue weighted by Crippen LogP contribution is -2.63. The monoisotopic (exact) mass is 704 g/mol. The third-order valence-electron chi connectivity index (χ3n) is 9.81. The maximum Gasteiger partial charge on any atom is 0.265 e. The number of ether oxygens (including phenoxy) is 4. The van der Waals surface area contributed by atoms with Gasteiger partial charge in [-0.2, -0.15) is 0 Å². The number of hydrogen-bond acceptors (Lipinski definition) is 5. The fraction of sp³-hybridized carbons (Fsp3) is 0.659. The summed E-state index contributed by atoms with van der Waals surface area (Å²) in [6.07, 6.45) is 8.35. The van der Waals surface area contributed by atoms with Gasteiger partial charge in [0, 0.05) is 36.6 Å². The number of benzene rings is 2. The van der Waals surface area contributed by atoms with E-state index in [1.807, 2.05) is 30.3 Å². The Balaban J connectivity index is 1.69. The van der Waals surface area contributed by atoms with Gasteiger partial charge in [0.2, 0.25) is 0 Å². The van der Waals surface area contributed by atoms with Crippen LogP contribution in [0.2, 0.25) is 0 Å². The van der Waals surface area contributed by atoms with Gasteiger partial charge in [0.25, 0.3) is 5.92 Å². The number of halogens is 3. The average molecular weight is 705 g/mol. The first-order chi connectivity index (χ1) is 23.7. The summed E-state index contributed by atoms with van der Waals surface area (Å²) in [5, 5.41) is 0.263. The molecule has 2 aromatic rings. The SMILES string of the molecule is CCCCOC[C@@H]1[C@@H](OCCCC)[C@H](OCCCC)[C@@H](OCCCC)[C@H](c2ccc(C)c(CC3CC=C(c4ccc(F)cc4)S3)c2)C1(F)F. The lowest BCUT2D eigenvalue weighted by atomic mass is 9.69. The van der Waals surface area contributed by atoms with Gasteiger partial charge in [-0.3, -0.25) is 0 Å². The molecule has 1 heterocycles. The average Bonchev–Trinajstić information content (AvgIpc) is 3.55. The molecule has 4 rings (SSSR count). The van der Waals surface area contributed by atoms with E-state index in [0.717, 1.165) is 85.8 Å². The molecule has 1 saturated carbocycles. The zero-order chi connectivity index (χ0) is 35.2. The van der Waals surface area contributed by atoms with Crippen molar-refractivity contribution in [3.63, 3.8) is 0 Å².